The average molecular weight is 601 g/mol. The van der Waals surface area contributed by atoms with Crippen molar-refractivity contribution in [3.8, 4) is 5.75 Å². The molecule has 0 saturated heterocycles. The number of carbonyl (C=O) groups excluding carboxylic acids is 2. The number of hydrogen-bond donors (Lipinski definition) is 3. The molecular formula is C29H33ClN4O6S. The molecule has 10 nitrogen and oxygen atoms in total. The van der Waals surface area contributed by atoms with Crippen molar-refractivity contribution in [3.63, 3.8) is 0 Å². The van der Waals surface area contributed by atoms with Crippen LogP contribution < -0.4 is 14.8 Å². The van der Waals surface area contributed by atoms with Crippen LogP contribution in [0.15, 0.2) is 77.7 Å². The van der Waals surface area contributed by atoms with Gasteiger partial charge in [0, 0.05) is 30.2 Å². The van der Waals surface area contributed by atoms with Crippen LogP contribution in [0.3, 0.4) is 0 Å². The molecule has 3 amide bonds. The van der Waals surface area contributed by atoms with E-state index in [4.69, 9.17) is 16.3 Å². The minimum Gasteiger partial charge on any atom is -0.485 e. The van der Waals surface area contributed by atoms with Gasteiger partial charge in [0.25, 0.3) is 15.9 Å². The van der Waals surface area contributed by atoms with Gasteiger partial charge in [-0.25, -0.2) is 13.2 Å². The zero-order valence-corrected chi connectivity index (χ0v) is 24.5. The number of fused-ring (bicyclic) bond motifs is 1. The number of aliphatic hydroxyl groups excluding tert-OH is 1. The number of amides is 3. The molecule has 3 N–H and O–H groups in total. The molecule has 1 aliphatic rings. The number of ether oxygens (including phenoxy) is 1. The van der Waals surface area contributed by atoms with E-state index in [0.717, 1.165) is 0 Å². The second kappa shape index (κ2) is 12.8. The van der Waals surface area contributed by atoms with E-state index in [-0.39, 0.29) is 53.5 Å². The molecular weight excluding hydrogens is 568 g/mol. The van der Waals surface area contributed by atoms with Crippen LogP contribution in [-0.4, -0.2) is 74.2 Å². The molecule has 1 aliphatic heterocycles. The number of likely N-dealkylation sites (N-methyl/N-ethyl adjacent to an activating group) is 1. The summed E-state index contributed by atoms with van der Waals surface area (Å²) in [6.45, 7) is 3.73. The highest BCUT2D eigenvalue weighted by atomic mass is 35.5. The highest BCUT2D eigenvalue weighted by Gasteiger charge is 2.35. The number of sulfonamides is 1. The summed E-state index contributed by atoms with van der Waals surface area (Å²) in [4.78, 5) is 29.6. The van der Waals surface area contributed by atoms with Crippen LogP contribution in [0.2, 0.25) is 5.02 Å². The lowest BCUT2D eigenvalue weighted by Crippen LogP contribution is -2.50. The van der Waals surface area contributed by atoms with E-state index < -0.39 is 28.1 Å². The van der Waals surface area contributed by atoms with E-state index in [1.807, 2.05) is 25.1 Å². The van der Waals surface area contributed by atoms with Crippen LogP contribution in [0.5, 0.6) is 5.75 Å². The maximum atomic E-state index is 13.7. The summed E-state index contributed by atoms with van der Waals surface area (Å²) in [7, 11) is -2.44. The van der Waals surface area contributed by atoms with Gasteiger partial charge in [0.15, 0.2) is 5.75 Å². The van der Waals surface area contributed by atoms with E-state index in [1.54, 1.807) is 43.1 Å². The van der Waals surface area contributed by atoms with E-state index in [9.17, 15) is 23.1 Å². The second-order valence-corrected chi connectivity index (χ2v) is 12.2. The Balaban J connectivity index is 1.69. The molecule has 12 heteroatoms. The highest BCUT2D eigenvalue weighted by molar-refractivity contribution is 7.92. The number of benzene rings is 3. The van der Waals surface area contributed by atoms with Crippen molar-refractivity contribution in [2.45, 2.75) is 30.9 Å². The van der Waals surface area contributed by atoms with E-state index in [0.29, 0.717) is 10.7 Å². The number of nitrogens with zero attached hydrogens (tertiary/aromatic N) is 2. The van der Waals surface area contributed by atoms with Gasteiger partial charge >= 0.3 is 6.03 Å². The van der Waals surface area contributed by atoms with Gasteiger partial charge in [-0.05, 0) is 55.5 Å². The zero-order valence-electron chi connectivity index (χ0n) is 23.0. The monoisotopic (exact) mass is 600 g/mol. The number of para-hydroxylation sites is 2. The fourth-order valence-electron chi connectivity index (χ4n) is 4.45. The van der Waals surface area contributed by atoms with Gasteiger partial charge in [-0.15, -0.1) is 0 Å². The lowest BCUT2D eigenvalue weighted by molar-refractivity contribution is 0.0373. The summed E-state index contributed by atoms with van der Waals surface area (Å²) >= 11 is 5.93. The number of anilines is 2. The van der Waals surface area contributed by atoms with E-state index >= 15 is 0 Å². The van der Waals surface area contributed by atoms with E-state index in [2.05, 4.69) is 10.0 Å². The number of carbonyl (C=O) groups is 2. The summed E-state index contributed by atoms with van der Waals surface area (Å²) in [5, 5.41) is 13.1. The average Bonchev–Trinajstić information content (AvgIpc) is 2.95. The Hall–Kier alpha value is -3.80. The van der Waals surface area contributed by atoms with Crippen molar-refractivity contribution in [1.82, 2.24) is 9.80 Å². The van der Waals surface area contributed by atoms with Crippen molar-refractivity contribution < 1.29 is 27.9 Å². The van der Waals surface area contributed by atoms with Crippen molar-refractivity contribution >= 4 is 44.9 Å². The summed E-state index contributed by atoms with van der Waals surface area (Å²) in [6, 6.07) is 18.4. The van der Waals surface area contributed by atoms with Crippen molar-refractivity contribution in [2.24, 2.45) is 5.92 Å². The topological polar surface area (TPSA) is 128 Å². The van der Waals surface area contributed by atoms with Crippen molar-refractivity contribution in [3.05, 3.63) is 83.4 Å². The van der Waals surface area contributed by atoms with E-state index in [1.165, 1.54) is 35.2 Å². The first-order valence-corrected chi connectivity index (χ1v) is 14.9. The Kier molecular flexibility index (Phi) is 9.42. The number of halogens is 1. The Morgan fingerprint density at radius 3 is 2.46 bits per heavy atom. The minimum absolute atomic E-state index is 0.0190. The predicted octanol–water partition coefficient (Wildman–Crippen LogP) is 4.52. The molecule has 3 aromatic rings. The molecule has 0 radical (unpaired) electrons. The molecule has 0 spiro atoms. The first kappa shape index (κ1) is 30.2. The lowest BCUT2D eigenvalue weighted by atomic mass is 9.99. The SMILES string of the molecule is C[C@H]1CN([C@@H](C)CO)C(=O)c2cccc(NS(=O)(=O)c3ccc(Cl)cc3)c2O[C@H]1CN(C)C(=O)Nc1ccccc1. The zero-order chi connectivity index (χ0) is 29.7. The first-order chi connectivity index (χ1) is 19.5. The van der Waals surface area contributed by atoms with Gasteiger partial charge in [0.2, 0.25) is 0 Å². The number of rotatable bonds is 8. The van der Waals surface area contributed by atoms with Crippen LogP contribution in [0.4, 0.5) is 16.2 Å². The lowest BCUT2D eigenvalue weighted by Gasteiger charge is -2.38. The van der Waals surface area contributed by atoms with Crippen molar-refractivity contribution in [1.29, 1.82) is 0 Å². The first-order valence-electron chi connectivity index (χ1n) is 13.1. The van der Waals surface area contributed by atoms with Crippen LogP contribution in [-0.2, 0) is 10.0 Å². The molecule has 3 aromatic carbocycles. The van der Waals surface area contributed by atoms with Crippen LogP contribution >= 0.6 is 11.6 Å². The largest absolute Gasteiger partial charge is 0.485 e. The molecule has 41 heavy (non-hydrogen) atoms. The Morgan fingerprint density at radius 2 is 1.80 bits per heavy atom. The minimum atomic E-state index is -4.07. The molecule has 4 rings (SSSR count). The Labute approximate surface area is 244 Å². The summed E-state index contributed by atoms with van der Waals surface area (Å²) in [5.74, 6) is -0.665. The number of aliphatic hydroxyl groups is 1. The highest BCUT2D eigenvalue weighted by Crippen LogP contribution is 2.36. The van der Waals surface area contributed by atoms with Gasteiger partial charge in [-0.3, -0.25) is 9.52 Å². The molecule has 0 aromatic heterocycles. The molecule has 3 atom stereocenters. The third kappa shape index (κ3) is 7.10. The molecule has 218 valence electrons. The van der Waals surface area contributed by atoms with Gasteiger partial charge in [-0.2, -0.15) is 0 Å². The molecule has 1 heterocycles. The molecule has 0 saturated carbocycles. The maximum absolute atomic E-state index is 13.7. The van der Waals surface area contributed by atoms with Crippen LogP contribution in [0, 0.1) is 5.92 Å². The number of urea groups is 1. The number of nitrogens with one attached hydrogen (secondary N) is 2. The molecule has 0 unspecified atom stereocenters. The number of hydrogen-bond acceptors (Lipinski definition) is 6. The third-order valence-corrected chi connectivity index (χ3v) is 8.52. The van der Waals surface area contributed by atoms with Crippen LogP contribution in [0.25, 0.3) is 0 Å². The van der Waals surface area contributed by atoms with Crippen molar-refractivity contribution in [2.75, 3.05) is 36.8 Å². The standard InChI is InChI=1S/C29H33ClN4O6S/c1-19-16-34(20(2)18-35)28(36)24-10-7-11-25(32-41(38,39)23-14-12-21(30)13-15-23)27(24)40-26(19)17-33(3)29(37)31-22-8-5-4-6-9-22/h4-15,19-20,26,32,35H,16-18H2,1-3H3,(H,31,37)/t19-,20-,26-/m0/s1. The van der Waals surface area contributed by atoms with Crippen LogP contribution in [0.1, 0.15) is 24.2 Å². The normalized spacial score (nSPS) is 17.9. The van der Waals surface area contributed by atoms with Gasteiger partial charge in [0.1, 0.15) is 6.10 Å². The summed E-state index contributed by atoms with van der Waals surface area (Å²) < 4.78 is 35.4. The second-order valence-electron chi connectivity index (χ2n) is 10.0. The summed E-state index contributed by atoms with van der Waals surface area (Å²) in [5.41, 5.74) is 0.835. The quantitative estimate of drug-likeness (QED) is 0.349. The fraction of sp³-hybridized carbons (Fsp3) is 0.310. The van der Waals surface area contributed by atoms with Gasteiger partial charge < -0.3 is 25.0 Å². The molecule has 0 aliphatic carbocycles. The Bertz CT molecular complexity index is 1490. The van der Waals surface area contributed by atoms with Gasteiger partial charge in [0.05, 0.1) is 35.3 Å². The molecule has 0 fully saturated rings. The predicted molar refractivity (Wildman–Crippen MR) is 158 cm³/mol. The summed E-state index contributed by atoms with van der Waals surface area (Å²) in [6.07, 6.45) is -0.636. The Morgan fingerprint density at radius 1 is 1.12 bits per heavy atom. The fourth-order valence-corrected chi connectivity index (χ4v) is 5.64. The maximum Gasteiger partial charge on any atom is 0.321 e. The molecule has 0 bridgehead atoms. The smallest absolute Gasteiger partial charge is 0.321 e. The third-order valence-electron chi connectivity index (χ3n) is 6.88. The van der Waals surface area contributed by atoms with Gasteiger partial charge in [-0.1, -0.05) is 42.8 Å².